The molecule has 2 atom stereocenters. The molecule has 0 radical (unpaired) electrons. The number of amides is 1. The molecule has 0 saturated heterocycles. The number of nitrogens with two attached hydrogens (primary N) is 1. The molecule has 102 valence electrons. The molecule has 0 fully saturated rings. The molecule has 17 heavy (non-hydrogen) atoms. The minimum Gasteiger partial charge on any atom is -0.385 e. The molecule has 0 aromatic heterocycles. The minimum absolute atomic E-state index is 0.102. The van der Waals surface area contributed by atoms with E-state index in [-0.39, 0.29) is 11.9 Å². The summed E-state index contributed by atoms with van der Waals surface area (Å²) in [5.74, 6) is 0.983. The first-order chi connectivity index (χ1) is 7.99. The highest BCUT2D eigenvalue weighted by Crippen LogP contribution is 2.14. The third-order valence-corrected chi connectivity index (χ3v) is 2.77. The van der Waals surface area contributed by atoms with Gasteiger partial charge in [0.15, 0.2) is 0 Å². The van der Waals surface area contributed by atoms with Crippen molar-refractivity contribution in [3.8, 4) is 0 Å². The molecule has 0 aliphatic heterocycles. The van der Waals surface area contributed by atoms with Crippen LogP contribution in [0, 0.1) is 11.8 Å². The normalized spacial score (nSPS) is 14.7. The Morgan fingerprint density at radius 1 is 1.35 bits per heavy atom. The molecule has 3 N–H and O–H groups in total. The van der Waals surface area contributed by atoms with E-state index >= 15 is 0 Å². The maximum absolute atomic E-state index is 11.8. The Hall–Kier alpha value is -0.610. The van der Waals surface area contributed by atoms with E-state index in [9.17, 15) is 4.79 Å². The van der Waals surface area contributed by atoms with E-state index in [0.717, 1.165) is 12.8 Å². The fourth-order valence-corrected chi connectivity index (χ4v) is 1.89. The van der Waals surface area contributed by atoms with Gasteiger partial charge in [-0.3, -0.25) is 4.79 Å². The van der Waals surface area contributed by atoms with Crippen LogP contribution in [0.15, 0.2) is 0 Å². The van der Waals surface area contributed by atoms with Crippen LogP contribution >= 0.6 is 0 Å². The van der Waals surface area contributed by atoms with Gasteiger partial charge in [0.25, 0.3) is 0 Å². The number of carbonyl (C=O) groups excluding carboxylic acids is 1. The lowest BCUT2D eigenvalue weighted by Crippen LogP contribution is -2.35. The van der Waals surface area contributed by atoms with Crippen molar-refractivity contribution < 1.29 is 9.53 Å². The molecule has 0 aliphatic rings. The summed E-state index contributed by atoms with van der Waals surface area (Å²) < 4.78 is 4.98. The van der Waals surface area contributed by atoms with Gasteiger partial charge >= 0.3 is 0 Å². The van der Waals surface area contributed by atoms with Gasteiger partial charge in [0.1, 0.15) is 0 Å². The first kappa shape index (κ1) is 16.4. The standard InChI is InChI=1S/C13H28N2O2/c1-10(2)7-12(9-14)8-13(16)15-11(3)5-6-17-4/h10-12H,5-9,14H2,1-4H3,(H,15,16). The summed E-state index contributed by atoms with van der Waals surface area (Å²) in [5, 5.41) is 2.98. The second-order valence-electron chi connectivity index (χ2n) is 5.19. The Labute approximate surface area is 105 Å². The number of hydrogen-bond acceptors (Lipinski definition) is 3. The third-order valence-electron chi connectivity index (χ3n) is 2.77. The van der Waals surface area contributed by atoms with Crippen LogP contribution in [0.5, 0.6) is 0 Å². The van der Waals surface area contributed by atoms with Crippen molar-refractivity contribution in [2.75, 3.05) is 20.3 Å². The summed E-state index contributed by atoms with van der Waals surface area (Å²) >= 11 is 0. The number of carbonyl (C=O) groups is 1. The lowest BCUT2D eigenvalue weighted by molar-refractivity contribution is -0.122. The van der Waals surface area contributed by atoms with E-state index in [0.29, 0.717) is 31.4 Å². The predicted molar refractivity (Wildman–Crippen MR) is 70.7 cm³/mol. The van der Waals surface area contributed by atoms with Gasteiger partial charge in [-0.1, -0.05) is 13.8 Å². The van der Waals surface area contributed by atoms with Gasteiger partial charge in [-0.25, -0.2) is 0 Å². The van der Waals surface area contributed by atoms with Crippen molar-refractivity contribution in [2.45, 2.75) is 46.1 Å². The number of hydrogen-bond donors (Lipinski definition) is 2. The first-order valence-corrected chi connectivity index (χ1v) is 6.47. The van der Waals surface area contributed by atoms with Crippen LogP contribution in [0.3, 0.4) is 0 Å². The molecule has 2 unspecified atom stereocenters. The average molecular weight is 244 g/mol. The molecule has 0 bridgehead atoms. The number of nitrogens with one attached hydrogen (secondary N) is 1. The molecular weight excluding hydrogens is 216 g/mol. The molecule has 0 spiro atoms. The topological polar surface area (TPSA) is 64.3 Å². The molecular formula is C13H28N2O2. The van der Waals surface area contributed by atoms with E-state index in [1.54, 1.807) is 7.11 Å². The summed E-state index contributed by atoms with van der Waals surface area (Å²) in [4.78, 5) is 11.8. The molecule has 0 saturated carbocycles. The number of methoxy groups -OCH3 is 1. The Bertz CT molecular complexity index is 208. The van der Waals surface area contributed by atoms with Crippen LogP contribution in [0.2, 0.25) is 0 Å². The van der Waals surface area contributed by atoms with Crippen LogP contribution in [0.1, 0.15) is 40.0 Å². The molecule has 4 heteroatoms. The summed E-state index contributed by atoms with van der Waals surface area (Å²) in [6, 6.07) is 0.167. The summed E-state index contributed by atoms with van der Waals surface area (Å²) in [6.07, 6.45) is 2.39. The lowest BCUT2D eigenvalue weighted by atomic mass is 9.94. The Morgan fingerprint density at radius 3 is 2.47 bits per heavy atom. The van der Waals surface area contributed by atoms with Gasteiger partial charge in [-0.15, -0.1) is 0 Å². The maximum atomic E-state index is 11.8. The maximum Gasteiger partial charge on any atom is 0.220 e. The van der Waals surface area contributed by atoms with Crippen molar-refractivity contribution in [1.82, 2.24) is 5.32 Å². The van der Waals surface area contributed by atoms with Gasteiger partial charge < -0.3 is 15.8 Å². The SMILES string of the molecule is COCCC(C)NC(=O)CC(CN)CC(C)C. The van der Waals surface area contributed by atoms with Crippen molar-refractivity contribution in [2.24, 2.45) is 17.6 Å². The second kappa shape index (κ2) is 9.42. The fourth-order valence-electron chi connectivity index (χ4n) is 1.89. The van der Waals surface area contributed by atoms with Gasteiger partial charge in [0.05, 0.1) is 0 Å². The van der Waals surface area contributed by atoms with E-state index in [1.807, 2.05) is 6.92 Å². The monoisotopic (exact) mass is 244 g/mol. The van der Waals surface area contributed by atoms with Crippen LogP contribution in [-0.4, -0.2) is 32.2 Å². The van der Waals surface area contributed by atoms with Crippen LogP contribution in [-0.2, 0) is 9.53 Å². The van der Waals surface area contributed by atoms with E-state index < -0.39 is 0 Å². The zero-order valence-corrected chi connectivity index (χ0v) is 11.7. The van der Waals surface area contributed by atoms with E-state index in [2.05, 4.69) is 19.2 Å². The molecule has 0 aromatic carbocycles. The zero-order valence-electron chi connectivity index (χ0n) is 11.7. The van der Waals surface area contributed by atoms with Crippen LogP contribution < -0.4 is 11.1 Å². The van der Waals surface area contributed by atoms with Gasteiger partial charge in [0.2, 0.25) is 5.91 Å². The van der Waals surface area contributed by atoms with E-state index in [1.165, 1.54) is 0 Å². The molecule has 0 heterocycles. The van der Waals surface area contributed by atoms with Crippen molar-refractivity contribution in [1.29, 1.82) is 0 Å². The average Bonchev–Trinajstić information content (AvgIpc) is 2.24. The second-order valence-corrected chi connectivity index (χ2v) is 5.19. The highest BCUT2D eigenvalue weighted by molar-refractivity contribution is 5.76. The lowest BCUT2D eigenvalue weighted by Gasteiger charge is -2.19. The molecule has 0 rings (SSSR count). The van der Waals surface area contributed by atoms with Gasteiger partial charge in [-0.2, -0.15) is 0 Å². The Kier molecular flexibility index (Phi) is 9.09. The van der Waals surface area contributed by atoms with Crippen molar-refractivity contribution >= 4 is 5.91 Å². The van der Waals surface area contributed by atoms with Gasteiger partial charge in [0, 0.05) is 26.2 Å². The van der Waals surface area contributed by atoms with Crippen LogP contribution in [0.25, 0.3) is 0 Å². The van der Waals surface area contributed by atoms with Gasteiger partial charge in [-0.05, 0) is 38.1 Å². The molecule has 0 aliphatic carbocycles. The predicted octanol–water partition coefficient (Wildman–Crippen LogP) is 1.54. The number of ether oxygens (including phenoxy) is 1. The highest BCUT2D eigenvalue weighted by Gasteiger charge is 2.15. The zero-order chi connectivity index (χ0) is 13.3. The highest BCUT2D eigenvalue weighted by atomic mass is 16.5. The minimum atomic E-state index is 0.102. The third kappa shape index (κ3) is 9.12. The van der Waals surface area contributed by atoms with Crippen molar-refractivity contribution in [3.63, 3.8) is 0 Å². The molecule has 4 nitrogen and oxygen atoms in total. The largest absolute Gasteiger partial charge is 0.385 e. The number of rotatable bonds is 9. The molecule has 0 aromatic rings. The quantitative estimate of drug-likeness (QED) is 0.646. The summed E-state index contributed by atoms with van der Waals surface area (Å²) in [7, 11) is 1.67. The first-order valence-electron chi connectivity index (χ1n) is 6.47. The Morgan fingerprint density at radius 2 is 2.00 bits per heavy atom. The fraction of sp³-hybridized carbons (Fsp3) is 0.923. The smallest absolute Gasteiger partial charge is 0.220 e. The summed E-state index contributed by atoms with van der Waals surface area (Å²) in [5.41, 5.74) is 5.68. The molecule has 1 amide bonds. The Balaban J connectivity index is 3.89. The van der Waals surface area contributed by atoms with E-state index in [4.69, 9.17) is 10.5 Å². The van der Waals surface area contributed by atoms with Crippen molar-refractivity contribution in [3.05, 3.63) is 0 Å². The summed E-state index contributed by atoms with van der Waals surface area (Å²) in [6.45, 7) is 7.56. The van der Waals surface area contributed by atoms with Crippen LogP contribution in [0.4, 0.5) is 0 Å².